The minimum atomic E-state index is 1.03. The fourth-order valence-corrected chi connectivity index (χ4v) is 2.57. The second-order valence-electron chi connectivity index (χ2n) is 2.61. The molecule has 0 aliphatic carbocycles. The summed E-state index contributed by atoms with van der Waals surface area (Å²) in [6.45, 7) is 0. The van der Waals surface area contributed by atoms with Crippen LogP contribution in [-0.2, 0) is 0 Å². The molecule has 0 atom stereocenters. The van der Waals surface area contributed by atoms with E-state index in [0.717, 1.165) is 20.2 Å². The lowest BCUT2D eigenvalue weighted by atomic mass is 10.2. The van der Waals surface area contributed by atoms with Crippen LogP contribution < -0.4 is 0 Å². The highest BCUT2D eigenvalue weighted by Gasteiger charge is 2.06. The van der Waals surface area contributed by atoms with Gasteiger partial charge in [-0.3, -0.25) is 0 Å². The third-order valence-electron chi connectivity index (χ3n) is 1.77. The first kappa shape index (κ1) is 9.03. The van der Waals surface area contributed by atoms with Gasteiger partial charge in [0.15, 0.2) is 0 Å². The maximum Gasteiger partial charge on any atom is 0.0476 e. The Hall–Kier alpha value is -0.540. The molecule has 0 fully saturated rings. The molecule has 1 aromatic heterocycles. The number of H-pyrrole nitrogens is 1. The lowest BCUT2D eigenvalue weighted by Crippen LogP contribution is -1.81. The van der Waals surface area contributed by atoms with Gasteiger partial charge in [0.1, 0.15) is 0 Å². The predicted octanol–water partition coefficient (Wildman–Crippen LogP) is 4.01. The van der Waals surface area contributed by atoms with Gasteiger partial charge in [0.2, 0.25) is 0 Å². The quantitative estimate of drug-likeness (QED) is 0.819. The molecule has 2 aromatic rings. The van der Waals surface area contributed by atoms with Crippen LogP contribution in [0.1, 0.15) is 0 Å². The molecule has 0 bridgehead atoms. The fourth-order valence-electron chi connectivity index (χ4n) is 1.19. The number of nitrogens with one attached hydrogen (secondary N) is 1. The molecule has 0 saturated carbocycles. The molecular weight excluding hydrogens is 294 g/mol. The topological polar surface area (TPSA) is 15.8 Å². The number of hydrogen-bond acceptors (Lipinski definition) is 0. The zero-order chi connectivity index (χ0) is 9.26. The smallest absolute Gasteiger partial charge is 0.0476 e. The van der Waals surface area contributed by atoms with E-state index in [1.165, 1.54) is 0 Å². The third-order valence-corrected chi connectivity index (χ3v) is 3.02. The number of aromatic amines is 1. The van der Waals surface area contributed by atoms with Gasteiger partial charge >= 0.3 is 0 Å². The van der Waals surface area contributed by atoms with E-state index in [0.29, 0.717) is 0 Å². The maximum absolute atomic E-state index is 3.49. The minimum absolute atomic E-state index is 1.03. The zero-order valence-electron chi connectivity index (χ0n) is 6.64. The van der Waals surface area contributed by atoms with Gasteiger partial charge in [-0.05, 0) is 30.3 Å². The molecule has 65 valence electrons. The van der Waals surface area contributed by atoms with Crippen molar-refractivity contribution in [2.75, 3.05) is 0 Å². The third kappa shape index (κ3) is 1.71. The van der Waals surface area contributed by atoms with Crippen LogP contribution in [0, 0.1) is 6.07 Å². The summed E-state index contributed by atoms with van der Waals surface area (Å²) in [6.07, 6.45) is 1.91. The summed E-state index contributed by atoms with van der Waals surface area (Å²) in [5.74, 6) is 0. The summed E-state index contributed by atoms with van der Waals surface area (Å²) in [5, 5.41) is 0. The molecule has 1 N–H and O–H groups in total. The van der Waals surface area contributed by atoms with Crippen molar-refractivity contribution in [1.82, 2.24) is 4.98 Å². The molecule has 0 aliphatic rings. The summed E-state index contributed by atoms with van der Waals surface area (Å²) >= 11 is 6.97. The maximum atomic E-state index is 3.49. The van der Waals surface area contributed by atoms with Crippen molar-refractivity contribution in [2.24, 2.45) is 0 Å². The molecule has 0 amide bonds. The molecule has 1 radical (unpaired) electrons. The second kappa shape index (κ2) is 3.68. The van der Waals surface area contributed by atoms with Crippen molar-refractivity contribution in [2.45, 2.75) is 0 Å². The predicted molar refractivity (Wildman–Crippen MR) is 60.5 cm³/mol. The van der Waals surface area contributed by atoms with Crippen LogP contribution in [0.2, 0.25) is 0 Å². The van der Waals surface area contributed by atoms with Gasteiger partial charge in [-0.1, -0.05) is 31.9 Å². The van der Waals surface area contributed by atoms with Gasteiger partial charge in [0, 0.05) is 26.4 Å². The van der Waals surface area contributed by atoms with Crippen molar-refractivity contribution in [3.05, 3.63) is 45.5 Å². The largest absolute Gasteiger partial charge is 0.361 e. The lowest BCUT2D eigenvalue weighted by molar-refractivity contribution is 1.38. The second-order valence-corrected chi connectivity index (χ2v) is 4.32. The number of rotatable bonds is 1. The van der Waals surface area contributed by atoms with Crippen LogP contribution in [0.3, 0.4) is 0 Å². The molecule has 3 heteroatoms. The normalized spacial score (nSPS) is 10.3. The Labute approximate surface area is 93.4 Å². The molecule has 0 aliphatic heterocycles. The Morgan fingerprint density at radius 2 is 1.85 bits per heavy atom. The summed E-state index contributed by atoms with van der Waals surface area (Å²) < 4.78 is 2.06. The molecule has 1 heterocycles. The van der Waals surface area contributed by atoms with Crippen LogP contribution in [0.15, 0.2) is 39.4 Å². The fraction of sp³-hybridized carbons (Fsp3) is 0. The molecule has 0 saturated heterocycles. The van der Waals surface area contributed by atoms with E-state index in [-0.39, 0.29) is 0 Å². The van der Waals surface area contributed by atoms with Crippen LogP contribution in [0.4, 0.5) is 0 Å². The van der Waals surface area contributed by atoms with Gasteiger partial charge in [0.05, 0.1) is 0 Å². The van der Waals surface area contributed by atoms with E-state index in [4.69, 9.17) is 0 Å². The highest BCUT2D eigenvalue weighted by Crippen LogP contribution is 2.33. The van der Waals surface area contributed by atoms with Crippen molar-refractivity contribution in [1.29, 1.82) is 0 Å². The van der Waals surface area contributed by atoms with E-state index in [1.807, 2.05) is 30.5 Å². The minimum Gasteiger partial charge on any atom is -0.361 e. The van der Waals surface area contributed by atoms with Crippen molar-refractivity contribution >= 4 is 31.9 Å². The first-order valence-corrected chi connectivity index (χ1v) is 5.36. The Balaban J connectivity index is 2.64. The molecule has 1 nitrogen and oxygen atoms in total. The summed E-state index contributed by atoms with van der Waals surface area (Å²) in [6, 6.07) is 10.8. The van der Waals surface area contributed by atoms with Crippen molar-refractivity contribution < 1.29 is 0 Å². The van der Waals surface area contributed by atoms with Crippen LogP contribution in [0.5, 0.6) is 0 Å². The molecular formula is C10H6Br2N. The van der Waals surface area contributed by atoms with E-state index in [2.05, 4.69) is 42.9 Å². The Morgan fingerprint density at radius 1 is 1.15 bits per heavy atom. The summed E-state index contributed by atoms with van der Waals surface area (Å²) in [7, 11) is 0. The van der Waals surface area contributed by atoms with Crippen molar-refractivity contribution in [3.8, 4) is 11.3 Å². The first-order valence-electron chi connectivity index (χ1n) is 3.78. The monoisotopic (exact) mass is 298 g/mol. The molecule has 13 heavy (non-hydrogen) atoms. The molecule has 1 aromatic carbocycles. The average molecular weight is 300 g/mol. The van der Waals surface area contributed by atoms with Gasteiger partial charge in [-0.25, -0.2) is 0 Å². The van der Waals surface area contributed by atoms with E-state index < -0.39 is 0 Å². The molecule has 0 spiro atoms. The number of aromatic nitrogens is 1. The van der Waals surface area contributed by atoms with Crippen LogP contribution in [0.25, 0.3) is 11.3 Å². The summed E-state index contributed by atoms with van der Waals surface area (Å²) in [5.41, 5.74) is 2.22. The van der Waals surface area contributed by atoms with Gasteiger partial charge in [-0.2, -0.15) is 0 Å². The standard InChI is InChI=1S/C10H6Br2N/c11-7-3-1-4-8(12)10(7)9-5-2-6-13-9/h2-6,13H. The van der Waals surface area contributed by atoms with Gasteiger partial charge in [0.25, 0.3) is 0 Å². The van der Waals surface area contributed by atoms with E-state index in [9.17, 15) is 0 Å². The number of hydrogen-bond donors (Lipinski definition) is 1. The zero-order valence-corrected chi connectivity index (χ0v) is 9.81. The molecule has 2 rings (SSSR count). The Bertz CT molecular complexity index is 387. The number of halogens is 2. The number of benzene rings is 1. The Kier molecular flexibility index (Phi) is 2.56. The van der Waals surface area contributed by atoms with Crippen LogP contribution in [-0.4, -0.2) is 4.98 Å². The first-order chi connectivity index (χ1) is 6.29. The van der Waals surface area contributed by atoms with Crippen LogP contribution >= 0.6 is 31.9 Å². The Morgan fingerprint density at radius 3 is 2.38 bits per heavy atom. The SMILES string of the molecule is Brc1c[c]cc(Br)c1-c1ccc[nH]1. The van der Waals surface area contributed by atoms with E-state index >= 15 is 0 Å². The highest BCUT2D eigenvalue weighted by atomic mass is 79.9. The lowest BCUT2D eigenvalue weighted by Gasteiger charge is -2.03. The van der Waals surface area contributed by atoms with Gasteiger partial charge < -0.3 is 4.98 Å². The summed E-state index contributed by atoms with van der Waals surface area (Å²) in [4.78, 5) is 3.16. The average Bonchev–Trinajstić information content (AvgIpc) is 2.57. The molecule has 0 unspecified atom stereocenters. The highest BCUT2D eigenvalue weighted by molar-refractivity contribution is 9.11. The van der Waals surface area contributed by atoms with E-state index in [1.54, 1.807) is 0 Å². The van der Waals surface area contributed by atoms with Gasteiger partial charge in [-0.15, -0.1) is 0 Å². The van der Waals surface area contributed by atoms with Crippen molar-refractivity contribution in [3.63, 3.8) is 0 Å².